The maximum Gasteiger partial charge on any atom is 0.282 e. The molecule has 0 aromatic carbocycles. The molecule has 10 heteroatoms. The van der Waals surface area contributed by atoms with Crippen LogP contribution in [0.2, 0.25) is 0 Å². The molecule has 2 fully saturated rings. The van der Waals surface area contributed by atoms with Gasteiger partial charge in [0.25, 0.3) is 10.2 Å². The molecule has 2 aliphatic rings. The molecule has 5 heterocycles. The molecule has 9 nitrogen and oxygen atoms in total. The highest BCUT2D eigenvalue weighted by atomic mass is 32.2. The average Bonchev–Trinajstić information content (AvgIpc) is 3.40. The lowest BCUT2D eigenvalue weighted by molar-refractivity contribution is 0.295. The van der Waals surface area contributed by atoms with Gasteiger partial charge in [0.15, 0.2) is 0 Å². The number of hydrogen-bond donors (Lipinski definition) is 0. The minimum absolute atomic E-state index is 0.504. The van der Waals surface area contributed by atoms with E-state index in [-0.39, 0.29) is 0 Å². The molecule has 2 aliphatic heterocycles. The molecule has 3 aromatic heterocycles. The van der Waals surface area contributed by atoms with Crippen LogP contribution in [0, 0.1) is 0 Å². The van der Waals surface area contributed by atoms with E-state index in [1.54, 1.807) is 13.3 Å². The summed E-state index contributed by atoms with van der Waals surface area (Å²) in [5.41, 5.74) is 4.17. The zero-order chi connectivity index (χ0) is 20.7. The number of pyridine rings is 1. The number of aryl methyl sites for hydroxylation is 1. The van der Waals surface area contributed by atoms with Gasteiger partial charge in [0.1, 0.15) is 0 Å². The molecule has 5 rings (SSSR count). The van der Waals surface area contributed by atoms with Crippen LogP contribution < -0.4 is 4.90 Å². The maximum absolute atomic E-state index is 12.9. The van der Waals surface area contributed by atoms with E-state index < -0.39 is 10.2 Å². The summed E-state index contributed by atoms with van der Waals surface area (Å²) >= 11 is 0. The van der Waals surface area contributed by atoms with Crippen molar-refractivity contribution in [1.82, 2.24) is 28.0 Å². The Balaban J connectivity index is 1.31. The zero-order valence-electron chi connectivity index (χ0n) is 17.2. The Morgan fingerprint density at radius 3 is 2.23 bits per heavy atom. The molecule has 30 heavy (non-hydrogen) atoms. The number of hydrogen-bond acceptors (Lipinski definition) is 5. The van der Waals surface area contributed by atoms with Crippen LogP contribution in [-0.4, -0.2) is 75.7 Å². The first-order valence-corrected chi connectivity index (χ1v) is 11.9. The van der Waals surface area contributed by atoms with Gasteiger partial charge in [0, 0.05) is 69.8 Å². The van der Waals surface area contributed by atoms with Crippen LogP contribution in [0.25, 0.3) is 16.6 Å². The Hall–Kier alpha value is -2.43. The monoisotopic (exact) mass is 429 g/mol. The lowest BCUT2D eigenvalue weighted by atomic mass is 10.1. The van der Waals surface area contributed by atoms with Crippen molar-refractivity contribution in [1.29, 1.82) is 0 Å². The van der Waals surface area contributed by atoms with E-state index in [0.29, 0.717) is 39.3 Å². The maximum atomic E-state index is 12.9. The molecule has 160 valence electrons. The van der Waals surface area contributed by atoms with Crippen LogP contribution in [0.3, 0.4) is 0 Å². The highest BCUT2D eigenvalue weighted by Gasteiger charge is 2.33. The molecule has 0 bridgehead atoms. The summed E-state index contributed by atoms with van der Waals surface area (Å²) in [5.74, 6) is 0. The summed E-state index contributed by atoms with van der Waals surface area (Å²) in [6.07, 6.45) is 10.7. The number of aromatic nitrogens is 4. The van der Waals surface area contributed by atoms with E-state index in [4.69, 9.17) is 0 Å². The lowest BCUT2D eigenvalue weighted by Gasteiger charge is -2.38. The van der Waals surface area contributed by atoms with Gasteiger partial charge in [-0.2, -0.15) is 27.2 Å². The third-order valence-electron chi connectivity index (χ3n) is 6.08. The summed E-state index contributed by atoms with van der Waals surface area (Å²) in [6.45, 7) is 3.64. The number of rotatable bonds is 4. The van der Waals surface area contributed by atoms with Crippen LogP contribution in [0.5, 0.6) is 0 Å². The molecular weight excluding hydrogens is 402 g/mol. The second kappa shape index (κ2) is 7.68. The van der Waals surface area contributed by atoms with Gasteiger partial charge in [-0.1, -0.05) is 12.5 Å². The van der Waals surface area contributed by atoms with Gasteiger partial charge in [0.05, 0.1) is 23.6 Å². The molecule has 3 aromatic rings. The smallest absolute Gasteiger partial charge is 0.282 e. The molecule has 0 saturated carbocycles. The number of piperazine rings is 1. The van der Waals surface area contributed by atoms with E-state index in [0.717, 1.165) is 41.6 Å². The third-order valence-corrected chi connectivity index (χ3v) is 8.12. The molecule has 0 atom stereocenters. The van der Waals surface area contributed by atoms with Gasteiger partial charge in [-0.15, -0.1) is 0 Å². The molecule has 0 radical (unpaired) electrons. The number of nitrogens with zero attached hydrogens (tertiary/aromatic N) is 7. The molecule has 0 aliphatic carbocycles. The SMILES string of the molecule is Cn1cc(-c2ccc3c(N4CCN(S(=O)(=O)N5CCCCC5)CC4)cnn3c2)cn1. The molecular formula is C20H27N7O2S. The Morgan fingerprint density at radius 1 is 0.800 bits per heavy atom. The first kappa shape index (κ1) is 19.5. The van der Waals surface area contributed by atoms with Gasteiger partial charge < -0.3 is 4.90 Å². The van der Waals surface area contributed by atoms with E-state index in [2.05, 4.69) is 27.2 Å². The van der Waals surface area contributed by atoms with Crippen LogP contribution in [0.4, 0.5) is 5.69 Å². The van der Waals surface area contributed by atoms with Crippen molar-refractivity contribution in [3.8, 4) is 11.1 Å². The van der Waals surface area contributed by atoms with Crippen molar-refractivity contribution >= 4 is 21.4 Å². The minimum atomic E-state index is -3.34. The van der Waals surface area contributed by atoms with Crippen molar-refractivity contribution in [2.75, 3.05) is 44.2 Å². The molecule has 0 unspecified atom stereocenters. The number of anilines is 1. The third kappa shape index (κ3) is 3.48. The average molecular weight is 430 g/mol. The second-order valence-corrected chi connectivity index (χ2v) is 9.96. The van der Waals surface area contributed by atoms with E-state index in [9.17, 15) is 8.42 Å². The fourth-order valence-electron chi connectivity index (χ4n) is 4.37. The first-order valence-electron chi connectivity index (χ1n) is 10.5. The van der Waals surface area contributed by atoms with Crippen LogP contribution in [-0.2, 0) is 17.3 Å². The van der Waals surface area contributed by atoms with Crippen LogP contribution >= 0.6 is 0 Å². The predicted octanol–water partition coefficient (Wildman–Crippen LogP) is 1.59. The Morgan fingerprint density at radius 2 is 1.53 bits per heavy atom. The highest BCUT2D eigenvalue weighted by molar-refractivity contribution is 7.86. The number of piperidine rings is 1. The molecule has 0 N–H and O–H groups in total. The summed E-state index contributed by atoms with van der Waals surface area (Å²) < 4.78 is 32.8. The Bertz CT molecular complexity index is 1140. The lowest BCUT2D eigenvalue weighted by Crippen LogP contribution is -2.53. The van der Waals surface area contributed by atoms with Gasteiger partial charge >= 0.3 is 0 Å². The van der Waals surface area contributed by atoms with Crippen LogP contribution in [0.15, 0.2) is 36.9 Å². The Kier molecular flexibility index (Phi) is 5.00. The predicted molar refractivity (Wildman–Crippen MR) is 116 cm³/mol. The van der Waals surface area contributed by atoms with Gasteiger partial charge in [0.2, 0.25) is 0 Å². The number of fused-ring (bicyclic) bond motifs is 1. The fraction of sp³-hybridized carbons (Fsp3) is 0.500. The van der Waals surface area contributed by atoms with E-state index >= 15 is 0 Å². The van der Waals surface area contributed by atoms with Crippen molar-refractivity contribution in [2.24, 2.45) is 7.05 Å². The molecule has 0 amide bonds. The van der Waals surface area contributed by atoms with Crippen molar-refractivity contribution < 1.29 is 8.42 Å². The van der Waals surface area contributed by atoms with Crippen LogP contribution in [0.1, 0.15) is 19.3 Å². The van der Waals surface area contributed by atoms with Crippen molar-refractivity contribution in [2.45, 2.75) is 19.3 Å². The quantitative estimate of drug-likeness (QED) is 0.629. The summed E-state index contributed by atoms with van der Waals surface area (Å²) in [6, 6.07) is 4.15. The largest absolute Gasteiger partial charge is 0.366 e. The Labute approximate surface area is 176 Å². The molecule has 0 spiro atoms. The van der Waals surface area contributed by atoms with Gasteiger partial charge in [-0.05, 0) is 18.9 Å². The van der Waals surface area contributed by atoms with E-state index in [1.165, 1.54) is 0 Å². The second-order valence-electron chi connectivity index (χ2n) is 8.03. The standard InChI is InChI=1S/C20H27N7O2S/c1-23-15-18(13-21-23)17-5-6-19-20(14-22-27(19)16-17)24-9-11-26(12-10-24)30(28,29)25-7-3-2-4-8-25/h5-6,13-16H,2-4,7-12H2,1H3. The topological polar surface area (TPSA) is 79.0 Å². The highest BCUT2D eigenvalue weighted by Crippen LogP contribution is 2.27. The fourth-order valence-corrected chi connectivity index (χ4v) is 6.05. The zero-order valence-corrected chi connectivity index (χ0v) is 18.0. The summed E-state index contributed by atoms with van der Waals surface area (Å²) in [4.78, 5) is 2.23. The van der Waals surface area contributed by atoms with Crippen molar-refractivity contribution in [3.05, 3.63) is 36.9 Å². The first-order chi connectivity index (χ1) is 14.5. The minimum Gasteiger partial charge on any atom is -0.366 e. The summed E-state index contributed by atoms with van der Waals surface area (Å²) in [5, 5.41) is 8.77. The molecule has 2 saturated heterocycles. The summed E-state index contributed by atoms with van der Waals surface area (Å²) in [7, 11) is -1.44. The normalized spacial score (nSPS) is 19.6. The van der Waals surface area contributed by atoms with Gasteiger partial charge in [-0.25, -0.2) is 4.52 Å². The van der Waals surface area contributed by atoms with Crippen molar-refractivity contribution in [3.63, 3.8) is 0 Å². The van der Waals surface area contributed by atoms with Gasteiger partial charge in [-0.3, -0.25) is 4.68 Å². The van der Waals surface area contributed by atoms with E-state index in [1.807, 2.05) is 36.4 Å².